The van der Waals surface area contributed by atoms with Crippen molar-refractivity contribution in [3.63, 3.8) is 0 Å². The molecular formula is C27H43N5O2. The zero-order valence-electron chi connectivity index (χ0n) is 21.1. The predicted octanol–water partition coefficient (Wildman–Crippen LogP) is 2.16. The standard InChI is InChI=1S/C27H43N5O2/c1-29-15-19-31(23-26(33)28-25-11-7-4-8-12-25)20-16-30(2)18-22-32(21-17-29)27(34)14-13-24-9-5-3-6-10-24/h3,5-6,9-10,13-14,25H,4,7-8,11-12,15-23H2,1-2H3,(H,28,33)/b14-13+. The summed E-state index contributed by atoms with van der Waals surface area (Å²) in [6.07, 6.45) is 9.57. The van der Waals surface area contributed by atoms with Gasteiger partial charge in [-0.25, -0.2) is 0 Å². The van der Waals surface area contributed by atoms with E-state index in [2.05, 4.69) is 34.1 Å². The summed E-state index contributed by atoms with van der Waals surface area (Å²) in [4.78, 5) is 34.3. The van der Waals surface area contributed by atoms with E-state index in [0.29, 0.717) is 25.7 Å². The Morgan fingerprint density at radius 3 is 2.06 bits per heavy atom. The van der Waals surface area contributed by atoms with Gasteiger partial charge in [0.15, 0.2) is 0 Å². The largest absolute Gasteiger partial charge is 0.352 e. The first-order valence-electron chi connectivity index (χ1n) is 12.9. The summed E-state index contributed by atoms with van der Waals surface area (Å²) in [7, 11) is 4.20. The molecule has 188 valence electrons. The molecule has 7 nitrogen and oxygen atoms in total. The molecular weight excluding hydrogens is 426 g/mol. The van der Waals surface area contributed by atoms with E-state index in [-0.39, 0.29) is 11.8 Å². The van der Waals surface area contributed by atoms with Crippen LogP contribution >= 0.6 is 0 Å². The molecule has 2 amide bonds. The summed E-state index contributed by atoms with van der Waals surface area (Å²) >= 11 is 0. The molecule has 1 aliphatic heterocycles. The molecule has 2 fully saturated rings. The van der Waals surface area contributed by atoms with Gasteiger partial charge in [-0.1, -0.05) is 49.6 Å². The van der Waals surface area contributed by atoms with Crippen molar-refractivity contribution in [1.82, 2.24) is 24.9 Å². The molecule has 0 unspecified atom stereocenters. The van der Waals surface area contributed by atoms with Crippen molar-refractivity contribution in [3.8, 4) is 0 Å². The summed E-state index contributed by atoms with van der Waals surface area (Å²) in [6.45, 7) is 6.95. The molecule has 1 heterocycles. The van der Waals surface area contributed by atoms with Gasteiger partial charge in [-0.2, -0.15) is 0 Å². The van der Waals surface area contributed by atoms with Gasteiger partial charge in [-0.15, -0.1) is 0 Å². The summed E-state index contributed by atoms with van der Waals surface area (Å²) in [5, 5.41) is 3.26. The van der Waals surface area contributed by atoms with E-state index in [9.17, 15) is 9.59 Å². The van der Waals surface area contributed by atoms with Crippen molar-refractivity contribution in [1.29, 1.82) is 0 Å². The lowest BCUT2D eigenvalue weighted by Crippen LogP contribution is -2.48. The molecule has 1 saturated carbocycles. The fourth-order valence-electron chi connectivity index (χ4n) is 4.59. The van der Waals surface area contributed by atoms with Gasteiger partial charge in [0.25, 0.3) is 0 Å². The van der Waals surface area contributed by atoms with Crippen LogP contribution in [-0.4, -0.2) is 110 Å². The Morgan fingerprint density at radius 2 is 1.44 bits per heavy atom. The van der Waals surface area contributed by atoms with Crippen LogP contribution in [0.4, 0.5) is 0 Å². The third-order valence-corrected chi connectivity index (χ3v) is 6.97. The van der Waals surface area contributed by atoms with Gasteiger partial charge in [0.2, 0.25) is 11.8 Å². The van der Waals surface area contributed by atoms with Gasteiger partial charge < -0.3 is 20.0 Å². The molecule has 2 aliphatic rings. The van der Waals surface area contributed by atoms with Gasteiger partial charge >= 0.3 is 0 Å². The summed E-state index contributed by atoms with van der Waals surface area (Å²) in [5.74, 6) is 0.218. The Hall–Kier alpha value is -2.22. The highest BCUT2D eigenvalue weighted by Gasteiger charge is 2.19. The Labute approximate surface area is 205 Å². The summed E-state index contributed by atoms with van der Waals surface area (Å²) < 4.78 is 0. The van der Waals surface area contributed by atoms with Crippen molar-refractivity contribution >= 4 is 17.9 Å². The zero-order chi connectivity index (χ0) is 24.2. The Balaban J connectivity index is 1.51. The average molecular weight is 470 g/mol. The van der Waals surface area contributed by atoms with Crippen molar-refractivity contribution in [2.45, 2.75) is 38.1 Å². The summed E-state index contributed by atoms with van der Waals surface area (Å²) in [6, 6.07) is 10.3. The molecule has 0 radical (unpaired) electrons. The molecule has 7 heteroatoms. The van der Waals surface area contributed by atoms with Crippen molar-refractivity contribution in [3.05, 3.63) is 42.0 Å². The molecule has 0 atom stereocenters. The molecule has 1 aliphatic carbocycles. The Bertz CT molecular complexity index is 760. The fourth-order valence-corrected chi connectivity index (χ4v) is 4.59. The average Bonchev–Trinajstić information content (AvgIpc) is 2.84. The minimum absolute atomic E-state index is 0.0590. The highest BCUT2D eigenvalue weighted by atomic mass is 16.2. The maximum atomic E-state index is 12.9. The molecule has 3 rings (SSSR count). The number of rotatable bonds is 5. The lowest BCUT2D eigenvalue weighted by Gasteiger charge is -2.32. The molecule has 0 spiro atoms. The van der Waals surface area contributed by atoms with Gasteiger partial charge in [0.1, 0.15) is 0 Å². The third kappa shape index (κ3) is 9.57. The molecule has 1 N–H and O–H groups in total. The van der Waals surface area contributed by atoms with E-state index >= 15 is 0 Å². The van der Waals surface area contributed by atoms with Gasteiger partial charge in [-0.05, 0) is 38.6 Å². The van der Waals surface area contributed by atoms with Crippen LogP contribution in [0.3, 0.4) is 0 Å². The van der Waals surface area contributed by atoms with Crippen LogP contribution in [-0.2, 0) is 9.59 Å². The summed E-state index contributed by atoms with van der Waals surface area (Å²) in [5.41, 5.74) is 1.03. The van der Waals surface area contributed by atoms with Crippen LogP contribution in [0.25, 0.3) is 6.08 Å². The van der Waals surface area contributed by atoms with Gasteiger partial charge in [0.05, 0.1) is 6.54 Å². The second-order valence-electron chi connectivity index (χ2n) is 9.85. The number of nitrogens with one attached hydrogen (secondary N) is 1. The minimum atomic E-state index is 0.0590. The van der Waals surface area contributed by atoms with Crippen LogP contribution in [0.1, 0.15) is 37.7 Å². The third-order valence-electron chi connectivity index (χ3n) is 6.97. The molecule has 1 saturated heterocycles. The molecule has 0 aromatic heterocycles. The number of nitrogens with zero attached hydrogens (tertiary/aromatic N) is 4. The van der Waals surface area contributed by atoms with E-state index in [1.807, 2.05) is 41.3 Å². The smallest absolute Gasteiger partial charge is 0.246 e. The molecule has 34 heavy (non-hydrogen) atoms. The Morgan fingerprint density at radius 1 is 0.853 bits per heavy atom. The first-order valence-corrected chi connectivity index (χ1v) is 12.9. The van der Waals surface area contributed by atoms with Crippen LogP contribution in [0.2, 0.25) is 0 Å². The van der Waals surface area contributed by atoms with E-state index in [4.69, 9.17) is 0 Å². The lowest BCUT2D eigenvalue weighted by atomic mass is 9.95. The number of hydrogen-bond donors (Lipinski definition) is 1. The van der Waals surface area contributed by atoms with E-state index in [1.54, 1.807) is 6.08 Å². The van der Waals surface area contributed by atoms with Crippen molar-refractivity contribution in [2.75, 3.05) is 73.0 Å². The number of hydrogen-bond acceptors (Lipinski definition) is 5. The Kier molecular flexibility index (Phi) is 11.1. The number of carbonyl (C=O) groups is 2. The number of amides is 2. The first-order chi connectivity index (χ1) is 16.5. The minimum Gasteiger partial charge on any atom is -0.352 e. The molecule has 1 aromatic carbocycles. The molecule has 0 bridgehead atoms. The zero-order valence-corrected chi connectivity index (χ0v) is 21.1. The quantitative estimate of drug-likeness (QED) is 0.670. The SMILES string of the molecule is CN1CCN(CC(=O)NC2CCCCC2)CCN(C)CCN(C(=O)/C=C/c2ccccc2)CC1. The topological polar surface area (TPSA) is 59.1 Å². The lowest BCUT2D eigenvalue weighted by molar-refractivity contribution is -0.126. The monoisotopic (exact) mass is 469 g/mol. The number of likely N-dealkylation sites (N-methyl/N-ethyl adjacent to an activating group) is 2. The first kappa shape index (κ1) is 26.4. The predicted molar refractivity (Wildman–Crippen MR) is 139 cm³/mol. The number of carbonyl (C=O) groups excluding carboxylic acids is 2. The van der Waals surface area contributed by atoms with Crippen LogP contribution in [0.5, 0.6) is 0 Å². The van der Waals surface area contributed by atoms with E-state index in [1.165, 1.54) is 19.3 Å². The van der Waals surface area contributed by atoms with E-state index < -0.39 is 0 Å². The second kappa shape index (κ2) is 14.2. The number of benzene rings is 1. The fraction of sp³-hybridized carbons (Fsp3) is 0.630. The van der Waals surface area contributed by atoms with Crippen LogP contribution in [0, 0.1) is 0 Å². The van der Waals surface area contributed by atoms with E-state index in [0.717, 1.165) is 57.7 Å². The maximum absolute atomic E-state index is 12.9. The second-order valence-corrected chi connectivity index (χ2v) is 9.85. The highest BCUT2D eigenvalue weighted by molar-refractivity contribution is 5.91. The highest BCUT2D eigenvalue weighted by Crippen LogP contribution is 2.17. The molecule has 1 aromatic rings. The van der Waals surface area contributed by atoms with Crippen molar-refractivity contribution < 1.29 is 9.59 Å². The van der Waals surface area contributed by atoms with Crippen molar-refractivity contribution in [2.24, 2.45) is 0 Å². The van der Waals surface area contributed by atoms with Crippen LogP contribution in [0.15, 0.2) is 36.4 Å². The van der Waals surface area contributed by atoms with Gasteiger partial charge in [-0.3, -0.25) is 14.5 Å². The normalized spacial score (nSPS) is 21.2. The van der Waals surface area contributed by atoms with Crippen LogP contribution < -0.4 is 5.32 Å². The maximum Gasteiger partial charge on any atom is 0.246 e. The van der Waals surface area contributed by atoms with Gasteiger partial charge in [0, 0.05) is 64.5 Å².